The lowest BCUT2D eigenvalue weighted by atomic mass is 10.2. The lowest BCUT2D eigenvalue weighted by Crippen LogP contribution is -2.23. The summed E-state index contributed by atoms with van der Waals surface area (Å²) in [6.45, 7) is 2.03. The van der Waals surface area contributed by atoms with E-state index in [1.165, 1.54) is 24.6 Å². The molecular formula is C13H13N3OS. The van der Waals surface area contributed by atoms with Crippen LogP contribution >= 0.6 is 11.8 Å². The van der Waals surface area contributed by atoms with Crippen molar-refractivity contribution in [3.63, 3.8) is 0 Å². The predicted octanol–water partition coefficient (Wildman–Crippen LogP) is 2.15. The molecule has 0 aromatic carbocycles. The van der Waals surface area contributed by atoms with E-state index in [-0.39, 0.29) is 5.91 Å². The van der Waals surface area contributed by atoms with Gasteiger partial charge >= 0.3 is 0 Å². The van der Waals surface area contributed by atoms with Crippen LogP contribution in [0.4, 0.5) is 0 Å². The molecule has 18 heavy (non-hydrogen) atoms. The number of carbonyl (C=O) groups excluding carboxylic acids is 1. The Labute approximate surface area is 110 Å². The fourth-order valence-electron chi connectivity index (χ4n) is 2.05. The first-order chi connectivity index (χ1) is 8.83. The fourth-order valence-corrected chi connectivity index (χ4v) is 3.02. The summed E-state index contributed by atoms with van der Waals surface area (Å²) in [6.07, 6.45) is 7.70. The zero-order valence-electron chi connectivity index (χ0n) is 9.87. The first-order valence-electron chi connectivity index (χ1n) is 6.00. The van der Waals surface area contributed by atoms with E-state index in [1.807, 2.05) is 18.2 Å². The minimum Gasteiger partial charge on any atom is -0.351 e. The number of hydrogen-bond acceptors (Lipinski definition) is 4. The Bertz CT molecular complexity index is 518. The van der Waals surface area contributed by atoms with E-state index in [0.717, 1.165) is 23.8 Å². The van der Waals surface area contributed by atoms with Gasteiger partial charge in [-0.25, -0.2) is 0 Å². The summed E-state index contributed by atoms with van der Waals surface area (Å²) in [7, 11) is 0. The molecule has 0 saturated carbocycles. The number of pyridine rings is 1. The molecule has 0 N–H and O–H groups in total. The molecule has 1 amide bonds. The minimum atomic E-state index is -0.126. The number of rotatable bonds is 1. The average Bonchev–Trinajstić information content (AvgIpc) is 3.01. The Balaban J connectivity index is 1.77. The summed E-state index contributed by atoms with van der Waals surface area (Å²) in [5.41, 5.74) is 0.985. The normalized spacial score (nSPS) is 21.8. The van der Waals surface area contributed by atoms with Crippen molar-refractivity contribution in [1.29, 1.82) is 0 Å². The van der Waals surface area contributed by atoms with Crippen LogP contribution in [0.5, 0.6) is 0 Å². The van der Waals surface area contributed by atoms with Crippen molar-refractivity contribution in [2.75, 3.05) is 13.1 Å². The number of thioether (sulfide) groups is 1. The highest BCUT2D eigenvalue weighted by Gasteiger charge is 2.27. The van der Waals surface area contributed by atoms with Gasteiger partial charge in [-0.05, 0) is 48.4 Å². The topological polar surface area (TPSA) is 45.6 Å². The largest absolute Gasteiger partial charge is 0.351 e. The number of aliphatic imine (C=N–C) groups is 1. The van der Waals surface area contributed by atoms with Crippen LogP contribution in [-0.2, 0) is 4.79 Å². The second-order valence-corrected chi connectivity index (χ2v) is 5.29. The predicted molar refractivity (Wildman–Crippen MR) is 73.1 cm³/mol. The molecule has 4 nitrogen and oxygen atoms in total. The lowest BCUT2D eigenvalue weighted by molar-refractivity contribution is -0.113. The van der Waals surface area contributed by atoms with Crippen molar-refractivity contribution in [3.05, 3.63) is 35.0 Å². The van der Waals surface area contributed by atoms with Crippen molar-refractivity contribution in [1.82, 2.24) is 9.88 Å². The zero-order valence-corrected chi connectivity index (χ0v) is 10.7. The van der Waals surface area contributed by atoms with Gasteiger partial charge in [0.05, 0.1) is 4.91 Å². The van der Waals surface area contributed by atoms with Crippen LogP contribution in [0.2, 0.25) is 0 Å². The van der Waals surface area contributed by atoms with Gasteiger partial charge in [0.15, 0.2) is 5.17 Å². The van der Waals surface area contributed by atoms with Crippen LogP contribution in [0.1, 0.15) is 18.4 Å². The van der Waals surface area contributed by atoms with Crippen molar-refractivity contribution in [2.45, 2.75) is 12.8 Å². The molecule has 0 unspecified atom stereocenters. The third-order valence-electron chi connectivity index (χ3n) is 2.99. The lowest BCUT2D eigenvalue weighted by Gasteiger charge is -2.14. The molecule has 2 aliphatic rings. The Morgan fingerprint density at radius 1 is 1.22 bits per heavy atom. The molecule has 0 radical (unpaired) electrons. The number of nitrogens with zero attached hydrogens (tertiary/aromatic N) is 3. The summed E-state index contributed by atoms with van der Waals surface area (Å²) in [6, 6.07) is 3.77. The molecule has 1 aromatic rings. The fraction of sp³-hybridized carbons (Fsp3) is 0.308. The average molecular weight is 259 g/mol. The molecule has 2 aliphatic heterocycles. The second-order valence-electron chi connectivity index (χ2n) is 4.28. The highest BCUT2D eigenvalue weighted by atomic mass is 32.2. The molecule has 0 atom stereocenters. The van der Waals surface area contributed by atoms with E-state index in [1.54, 1.807) is 12.4 Å². The van der Waals surface area contributed by atoms with Gasteiger partial charge in [-0.1, -0.05) is 0 Å². The van der Waals surface area contributed by atoms with Crippen LogP contribution in [0.25, 0.3) is 6.08 Å². The second kappa shape index (κ2) is 4.94. The smallest absolute Gasteiger partial charge is 0.286 e. The van der Waals surface area contributed by atoms with E-state index >= 15 is 0 Å². The molecular weight excluding hydrogens is 246 g/mol. The van der Waals surface area contributed by atoms with E-state index in [9.17, 15) is 4.79 Å². The summed E-state index contributed by atoms with van der Waals surface area (Å²) >= 11 is 1.48. The van der Waals surface area contributed by atoms with Gasteiger partial charge in [0.25, 0.3) is 5.91 Å². The van der Waals surface area contributed by atoms with Crippen LogP contribution in [0.15, 0.2) is 34.4 Å². The Morgan fingerprint density at radius 3 is 2.67 bits per heavy atom. The quantitative estimate of drug-likeness (QED) is 0.725. The Morgan fingerprint density at radius 2 is 1.94 bits per heavy atom. The Hall–Kier alpha value is -1.62. The highest BCUT2D eigenvalue weighted by Crippen LogP contribution is 2.31. The maximum atomic E-state index is 11.8. The monoisotopic (exact) mass is 259 g/mol. The third kappa shape index (κ3) is 2.31. The first kappa shape index (κ1) is 11.5. The molecule has 0 spiro atoms. The molecule has 3 heterocycles. The van der Waals surface area contributed by atoms with Crippen molar-refractivity contribution in [3.8, 4) is 0 Å². The number of likely N-dealkylation sites (tertiary alicyclic amines) is 1. The van der Waals surface area contributed by atoms with Gasteiger partial charge in [-0.3, -0.25) is 9.78 Å². The first-order valence-corrected chi connectivity index (χ1v) is 6.82. The van der Waals surface area contributed by atoms with E-state index in [2.05, 4.69) is 14.9 Å². The minimum absolute atomic E-state index is 0.126. The number of carbonyl (C=O) groups is 1. The molecule has 92 valence electrons. The summed E-state index contributed by atoms with van der Waals surface area (Å²) in [5.74, 6) is -0.126. The number of aromatic nitrogens is 1. The molecule has 5 heteroatoms. The number of hydrogen-bond donors (Lipinski definition) is 0. The molecule has 1 fully saturated rings. The van der Waals surface area contributed by atoms with Gasteiger partial charge in [-0.15, -0.1) is 0 Å². The molecule has 0 bridgehead atoms. The maximum absolute atomic E-state index is 11.8. The van der Waals surface area contributed by atoms with Crippen LogP contribution in [0, 0.1) is 0 Å². The zero-order chi connectivity index (χ0) is 12.4. The van der Waals surface area contributed by atoms with Crippen LogP contribution in [0.3, 0.4) is 0 Å². The van der Waals surface area contributed by atoms with E-state index in [0.29, 0.717) is 4.91 Å². The third-order valence-corrected chi connectivity index (χ3v) is 4.03. The number of amidine groups is 1. The van der Waals surface area contributed by atoms with Gasteiger partial charge < -0.3 is 4.90 Å². The van der Waals surface area contributed by atoms with E-state index in [4.69, 9.17) is 0 Å². The van der Waals surface area contributed by atoms with Crippen molar-refractivity contribution >= 4 is 28.9 Å². The van der Waals surface area contributed by atoms with Crippen LogP contribution < -0.4 is 0 Å². The van der Waals surface area contributed by atoms with Gasteiger partial charge in [-0.2, -0.15) is 4.99 Å². The van der Waals surface area contributed by atoms with Gasteiger partial charge in [0, 0.05) is 25.5 Å². The van der Waals surface area contributed by atoms with E-state index < -0.39 is 0 Å². The standard InChI is InChI=1S/C13H13N3OS/c17-12-11(9-10-3-5-14-6-4-10)18-13(15-12)16-7-1-2-8-16/h3-6,9H,1-2,7-8H2. The molecule has 1 saturated heterocycles. The molecule has 1 aromatic heterocycles. The van der Waals surface area contributed by atoms with Crippen molar-refractivity contribution < 1.29 is 4.79 Å². The SMILES string of the molecule is O=C1N=C(N2CCCC2)SC1=Cc1ccncc1. The van der Waals surface area contributed by atoms with Crippen molar-refractivity contribution in [2.24, 2.45) is 4.99 Å². The van der Waals surface area contributed by atoms with Gasteiger partial charge in [0.2, 0.25) is 0 Å². The van der Waals surface area contributed by atoms with Crippen LogP contribution in [-0.4, -0.2) is 34.0 Å². The maximum Gasteiger partial charge on any atom is 0.286 e. The molecule has 0 aliphatic carbocycles. The summed E-state index contributed by atoms with van der Waals surface area (Å²) in [5, 5.41) is 0.859. The molecule has 3 rings (SSSR count). The highest BCUT2D eigenvalue weighted by molar-refractivity contribution is 8.18. The summed E-state index contributed by atoms with van der Waals surface area (Å²) in [4.78, 5) is 22.8. The van der Waals surface area contributed by atoms with Gasteiger partial charge in [0.1, 0.15) is 0 Å². The number of amides is 1. The summed E-state index contributed by atoms with van der Waals surface area (Å²) < 4.78 is 0. The Kier molecular flexibility index (Phi) is 3.15.